The molecular formula is C21H16O4S. The van der Waals surface area contributed by atoms with Gasteiger partial charge in [0.2, 0.25) is 0 Å². The van der Waals surface area contributed by atoms with E-state index in [9.17, 15) is 13.5 Å². The van der Waals surface area contributed by atoms with Crippen molar-refractivity contribution < 1.29 is 17.7 Å². The highest BCUT2D eigenvalue weighted by molar-refractivity contribution is 7.86. The third-order valence-corrected chi connectivity index (χ3v) is 4.77. The van der Waals surface area contributed by atoms with E-state index >= 15 is 0 Å². The number of aromatic hydroxyl groups is 1. The molecule has 0 heterocycles. The van der Waals surface area contributed by atoms with Gasteiger partial charge in [0.1, 0.15) is 5.75 Å². The SMILES string of the molecule is CS(=O)(=O)Oc1ccc2ccccc2c1-c1c(O)ccc2ccccc12. The second-order valence-electron chi connectivity index (χ2n) is 6.13. The van der Waals surface area contributed by atoms with Crippen LogP contribution in [0.5, 0.6) is 11.5 Å². The van der Waals surface area contributed by atoms with Crippen molar-refractivity contribution in [2.75, 3.05) is 6.26 Å². The molecular weight excluding hydrogens is 348 g/mol. The van der Waals surface area contributed by atoms with Crippen LogP contribution >= 0.6 is 0 Å². The van der Waals surface area contributed by atoms with Crippen molar-refractivity contribution >= 4 is 31.7 Å². The van der Waals surface area contributed by atoms with Crippen molar-refractivity contribution in [2.45, 2.75) is 0 Å². The van der Waals surface area contributed by atoms with Gasteiger partial charge in [0, 0.05) is 11.1 Å². The monoisotopic (exact) mass is 364 g/mol. The van der Waals surface area contributed by atoms with E-state index in [1.807, 2.05) is 60.7 Å². The van der Waals surface area contributed by atoms with Gasteiger partial charge < -0.3 is 9.29 Å². The minimum Gasteiger partial charge on any atom is -0.507 e. The fourth-order valence-electron chi connectivity index (χ4n) is 3.26. The third kappa shape index (κ3) is 2.86. The summed E-state index contributed by atoms with van der Waals surface area (Å²) in [6.45, 7) is 0. The van der Waals surface area contributed by atoms with Crippen LogP contribution in [0.25, 0.3) is 32.7 Å². The number of hydrogen-bond donors (Lipinski definition) is 1. The molecule has 0 amide bonds. The lowest BCUT2D eigenvalue weighted by molar-refractivity contribution is 0.476. The highest BCUT2D eigenvalue weighted by atomic mass is 32.2. The smallest absolute Gasteiger partial charge is 0.306 e. The zero-order valence-electron chi connectivity index (χ0n) is 14.0. The quantitative estimate of drug-likeness (QED) is 0.535. The van der Waals surface area contributed by atoms with Gasteiger partial charge in [0.25, 0.3) is 0 Å². The van der Waals surface area contributed by atoms with E-state index in [0.29, 0.717) is 11.1 Å². The van der Waals surface area contributed by atoms with Gasteiger partial charge in [-0.2, -0.15) is 8.42 Å². The van der Waals surface area contributed by atoms with Crippen LogP contribution < -0.4 is 4.18 Å². The molecule has 1 N–H and O–H groups in total. The van der Waals surface area contributed by atoms with E-state index in [4.69, 9.17) is 4.18 Å². The van der Waals surface area contributed by atoms with Gasteiger partial charge in [-0.3, -0.25) is 0 Å². The largest absolute Gasteiger partial charge is 0.507 e. The Morgan fingerprint density at radius 3 is 1.88 bits per heavy atom. The minimum absolute atomic E-state index is 0.0680. The van der Waals surface area contributed by atoms with Crippen LogP contribution in [-0.2, 0) is 10.1 Å². The first-order valence-electron chi connectivity index (χ1n) is 8.06. The Bertz CT molecular complexity index is 1240. The number of hydrogen-bond acceptors (Lipinski definition) is 4. The van der Waals surface area contributed by atoms with Gasteiger partial charge >= 0.3 is 10.1 Å². The normalized spacial score (nSPS) is 11.7. The maximum absolute atomic E-state index is 11.8. The van der Waals surface area contributed by atoms with E-state index in [1.54, 1.807) is 12.1 Å². The van der Waals surface area contributed by atoms with Crippen LogP contribution in [0.15, 0.2) is 72.8 Å². The summed E-state index contributed by atoms with van der Waals surface area (Å²) >= 11 is 0. The summed E-state index contributed by atoms with van der Waals surface area (Å²) in [4.78, 5) is 0. The van der Waals surface area contributed by atoms with Gasteiger partial charge in [-0.25, -0.2) is 0 Å². The summed E-state index contributed by atoms with van der Waals surface area (Å²) in [5.74, 6) is 0.260. The molecule has 4 nitrogen and oxygen atoms in total. The molecule has 4 aromatic carbocycles. The lowest BCUT2D eigenvalue weighted by Gasteiger charge is -2.16. The number of phenolic OH excluding ortho intramolecular Hbond substituents is 1. The second kappa shape index (κ2) is 6.04. The molecule has 26 heavy (non-hydrogen) atoms. The molecule has 130 valence electrons. The van der Waals surface area contributed by atoms with E-state index < -0.39 is 10.1 Å². The maximum atomic E-state index is 11.8. The molecule has 0 radical (unpaired) electrons. The van der Waals surface area contributed by atoms with Crippen LogP contribution in [0.2, 0.25) is 0 Å². The van der Waals surface area contributed by atoms with Crippen molar-refractivity contribution in [1.29, 1.82) is 0 Å². The van der Waals surface area contributed by atoms with Crippen molar-refractivity contribution in [2.24, 2.45) is 0 Å². The Balaban J connectivity index is 2.17. The molecule has 0 unspecified atom stereocenters. The summed E-state index contributed by atoms with van der Waals surface area (Å²) < 4.78 is 28.8. The molecule has 0 atom stereocenters. The number of benzene rings is 4. The maximum Gasteiger partial charge on any atom is 0.306 e. The zero-order chi connectivity index (χ0) is 18.3. The number of rotatable bonds is 3. The molecule has 0 saturated heterocycles. The third-order valence-electron chi connectivity index (χ3n) is 4.29. The van der Waals surface area contributed by atoms with Crippen LogP contribution in [0.4, 0.5) is 0 Å². The summed E-state index contributed by atoms with van der Waals surface area (Å²) in [5, 5.41) is 14.1. The first-order chi connectivity index (χ1) is 12.4. The van der Waals surface area contributed by atoms with Crippen molar-refractivity contribution in [1.82, 2.24) is 0 Å². The topological polar surface area (TPSA) is 63.6 Å². The molecule has 0 aliphatic rings. The predicted octanol–water partition coefficient (Wildman–Crippen LogP) is 4.70. The number of fused-ring (bicyclic) bond motifs is 2. The lowest BCUT2D eigenvalue weighted by atomic mass is 9.92. The standard InChI is InChI=1S/C21H16O4S/c1-26(23,24)25-19-13-11-15-7-3-5-9-17(15)21(19)20-16-8-4-2-6-14(16)10-12-18(20)22/h2-13,22H,1H3. The van der Waals surface area contributed by atoms with Crippen molar-refractivity contribution in [3.05, 3.63) is 72.8 Å². The van der Waals surface area contributed by atoms with E-state index in [-0.39, 0.29) is 11.5 Å². The Labute approximate surface area is 151 Å². The summed E-state index contributed by atoms with van der Waals surface area (Å²) in [6, 6.07) is 22.1. The zero-order valence-corrected chi connectivity index (χ0v) is 14.8. The molecule has 0 fully saturated rings. The Kier molecular flexibility index (Phi) is 3.81. The fraction of sp³-hybridized carbons (Fsp3) is 0.0476. The first-order valence-corrected chi connectivity index (χ1v) is 9.88. The van der Waals surface area contributed by atoms with E-state index in [0.717, 1.165) is 27.8 Å². The predicted molar refractivity (Wildman–Crippen MR) is 104 cm³/mol. The first kappa shape index (κ1) is 16.4. The number of phenols is 1. The van der Waals surface area contributed by atoms with Crippen molar-refractivity contribution in [3.63, 3.8) is 0 Å². The van der Waals surface area contributed by atoms with Gasteiger partial charge in [-0.1, -0.05) is 60.7 Å². The molecule has 4 aromatic rings. The molecule has 4 rings (SSSR count). The molecule has 5 heteroatoms. The fourth-order valence-corrected chi connectivity index (χ4v) is 3.73. The second-order valence-corrected chi connectivity index (χ2v) is 7.70. The Hall–Kier alpha value is -3.05. The van der Waals surface area contributed by atoms with Crippen LogP contribution in [0.1, 0.15) is 0 Å². The van der Waals surface area contributed by atoms with Gasteiger partial charge in [0.05, 0.1) is 6.26 Å². The summed E-state index contributed by atoms with van der Waals surface area (Å²) in [7, 11) is -3.72. The molecule has 0 spiro atoms. The van der Waals surface area contributed by atoms with Gasteiger partial charge in [-0.15, -0.1) is 0 Å². The average molecular weight is 364 g/mol. The molecule has 0 aromatic heterocycles. The van der Waals surface area contributed by atoms with Crippen LogP contribution in [0, 0.1) is 0 Å². The average Bonchev–Trinajstić information content (AvgIpc) is 2.61. The summed E-state index contributed by atoms with van der Waals surface area (Å²) in [5.41, 5.74) is 1.11. The summed E-state index contributed by atoms with van der Waals surface area (Å²) in [6.07, 6.45) is 1.01. The van der Waals surface area contributed by atoms with Crippen LogP contribution in [-0.4, -0.2) is 19.8 Å². The molecule has 0 bridgehead atoms. The molecule has 0 aliphatic heterocycles. The molecule has 0 aliphatic carbocycles. The van der Waals surface area contributed by atoms with Crippen LogP contribution in [0.3, 0.4) is 0 Å². The molecule has 0 saturated carbocycles. The van der Waals surface area contributed by atoms with Crippen molar-refractivity contribution in [3.8, 4) is 22.6 Å². The highest BCUT2D eigenvalue weighted by Crippen LogP contribution is 2.45. The minimum atomic E-state index is -3.72. The highest BCUT2D eigenvalue weighted by Gasteiger charge is 2.19. The Morgan fingerprint density at radius 2 is 1.27 bits per heavy atom. The van der Waals surface area contributed by atoms with E-state index in [2.05, 4.69) is 0 Å². The van der Waals surface area contributed by atoms with Gasteiger partial charge in [-0.05, 0) is 33.7 Å². The van der Waals surface area contributed by atoms with E-state index in [1.165, 1.54) is 0 Å². The van der Waals surface area contributed by atoms with Gasteiger partial charge in [0.15, 0.2) is 5.75 Å². The lowest BCUT2D eigenvalue weighted by Crippen LogP contribution is -2.07. The Morgan fingerprint density at radius 1 is 0.731 bits per heavy atom.